The minimum Gasteiger partial charge on any atom is -0.462 e. The number of amides is 2. The van der Waals surface area contributed by atoms with E-state index < -0.39 is 5.97 Å². The van der Waals surface area contributed by atoms with Crippen LogP contribution in [0.15, 0.2) is 48.5 Å². The molecule has 2 N–H and O–H groups in total. The highest BCUT2D eigenvalue weighted by Gasteiger charge is 2.33. The van der Waals surface area contributed by atoms with Gasteiger partial charge in [-0.05, 0) is 63.1 Å². The largest absolute Gasteiger partial charge is 0.462 e. The Hall–Kier alpha value is -3.52. The average Bonchev–Trinajstić information content (AvgIpc) is 3.35. The molecule has 4 rings (SSSR count). The molecule has 1 aliphatic carbocycles. The first-order chi connectivity index (χ1) is 15.4. The van der Waals surface area contributed by atoms with Gasteiger partial charge < -0.3 is 10.1 Å². The molecular weight excluding hydrogens is 426 g/mol. The van der Waals surface area contributed by atoms with Gasteiger partial charge in [-0.2, -0.15) is 0 Å². The Kier molecular flexibility index (Phi) is 6.32. The summed E-state index contributed by atoms with van der Waals surface area (Å²) in [5.41, 5.74) is 3.39. The second kappa shape index (κ2) is 9.32. The summed E-state index contributed by atoms with van der Waals surface area (Å²) in [5, 5.41) is 6.22. The summed E-state index contributed by atoms with van der Waals surface area (Å²) < 4.78 is 4.97. The van der Waals surface area contributed by atoms with E-state index in [1.54, 1.807) is 43.3 Å². The number of carbonyl (C=O) groups excluding carboxylic acids is 3. The molecule has 164 valence electrons. The third-order valence-electron chi connectivity index (χ3n) is 5.23. The van der Waals surface area contributed by atoms with E-state index in [1.807, 2.05) is 19.1 Å². The average molecular weight is 450 g/mol. The zero-order chi connectivity index (χ0) is 22.7. The van der Waals surface area contributed by atoms with Gasteiger partial charge >= 0.3 is 5.97 Å². The molecule has 0 saturated carbocycles. The number of hydrogen-bond acceptors (Lipinski definition) is 6. The van der Waals surface area contributed by atoms with Gasteiger partial charge in [-0.3, -0.25) is 14.9 Å². The third kappa shape index (κ3) is 4.70. The van der Waals surface area contributed by atoms with Crippen molar-refractivity contribution in [1.29, 1.82) is 0 Å². The van der Waals surface area contributed by atoms with Crippen LogP contribution in [0, 0.1) is 6.92 Å². The molecule has 0 saturated heterocycles. The number of anilines is 2. The second-order valence-electron chi connectivity index (χ2n) is 7.53. The van der Waals surface area contributed by atoms with Crippen LogP contribution >= 0.6 is 11.3 Å². The van der Waals surface area contributed by atoms with E-state index in [-0.39, 0.29) is 17.7 Å². The van der Waals surface area contributed by atoms with Crippen LogP contribution in [0.25, 0.3) is 0 Å². The van der Waals surface area contributed by atoms with Gasteiger partial charge in [0.05, 0.1) is 23.8 Å². The van der Waals surface area contributed by atoms with Crippen LogP contribution < -0.4 is 10.6 Å². The van der Waals surface area contributed by atoms with Crippen molar-refractivity contribution in [3.8, 4) is 0 Å². The predicted octanol–water partition coefficient (Wildman–Crippen LogP) is 4.55. The van der Waals surface area contributed by atoms with Crippen molar-refractivity contribution >= 4 is 39.9 Å². The number of ether oxygens (including phenoxy) is 1. The first kappa shape index (κ1) is 21.7. The lowest BCUT2D eigenvalue weighted by Crippen LogP contribution is -2.20. The van der Waals surface area contributed by atoms with E-state index in [1.165, 1.54) is 11.3 Å². The Morgan fingerprint density at radius 3 is 2.41 bits per heavy atom. The molecule has 2 amide bonds. The monoisotopic (exact) mass is 449 g/mol. The molecule has 0 bridgehead atoms. The number of fused-ring (bicyclic) bond motifs is 1. The summed E-state index contributed by atoms with van der Waals surface area (Å²) in [6.07, 6.45) is 1.42. The topological polar surface area (TPSA) is 97.4 Å². The zero-order valence-electron chi connectivity index (χ0n) is 17.8. The molecular formula is C24H23N3O4S. The number of benzene rings is 2. The first-order valence-electron chi connectivity index (χ1n) is 10.4. The van der Waals surface area contributed by atoms with Crippen molar-refractivity contribution in [1.82, 2.24) is 4.98 Å². The molecule has 0 radical (unpaired) electrons. The van der Waals surface area contributed by atoms with Crippen LogP contribution in [0.1, 0.15) is 56.1 Å². The van der Waals surface area contributed by atoms with Gasteiger partial charge in [0.1, 0.15) is 0 Å². The molecule has 1 heterocycles. The zero-order valence-corrected chi connectivity index (χ0v) is 18.6. The molecule has 0 spiro atoms. The van der Waals surface area contributed by atoms with Crippen molar-refractivity contribution in [2.45, 2.75) is 32.6 Å². The summed E-state index contributed by atoms with van der Waals surface area (Å²) in [6, 6.07) is 13.9. The summed E-state index contributed by atoms with van der Waals surface area (Å²) >= 11 is 1.41. The third-order valence-corrected chi connectivity index (χ3v) is 6.28. The molecule has 8 heteroatoms. The van der Waals surface area contributed by atoms with Gasteiger partial charge in [0.25, 0.3) is 5.91 Å². The van der Waals surface area contributed by atoms with Crippen LogP contribution in [0.5, 0.6) is 0 Å². The van der Waals surface area contributed by atoms with Crippen molar-refractivity contribution in [2.75, 3.05) is 17.2 Å². The van der Waals surface area contributed by atoms with E-state index in [0.29, 0.717) is 35.0 Å². The van der Waals surface area contributed by atoms with Crippen LogP contribution in [-0.4, -0.2) is 29.4 Å². The van der Waals surface area contributed by atoms with Crippen LogP contribution in [-0.2, 0) is 16.0 Å². The number of thiazole rings is 1. The Balaban J connectivity index is 1.41. The number of nitrogens with zero attached hydrogens (tertiary/aromatic N) is 1. The fourth-order valence-corrected chi connectivity index (χ4v) is 4.58. The van der Waals surface area contributed by atoms with Crippen molar-refractivity contribution in [2.24, 2.45) is 0 Å². The number of esters is 1. The van der Waals surface area contributed by atoms with Crippen LogP contribution in [0.4, 0.5) is 10.8 Å². The predicted molar refractivity (Wildman–Crippen MR) is 123 cm³/mol. The van der Waals surface area contributed by atoms with Gasteiger partial charge in [0.15, 0.2) is 5.13 Å². The minimum absolute atomic E-state index is 0.158. The Morgan fingerprint density at radius 2 is 1.72 bits per heavy atom. The first-order valence-corrected chi connectivity index (χ1v) is 11.2. The maximum atomic E-state index is 12.9. The van der Waals surface area contributed by atoms with E-state index in [0.717, 1.165) is 22.6 Å². The standard InChI is InChI=1S/C24H23N3O4S/c1-3-31-23(30)16-8-10-17(11-9-16)25-22(29)18-12-13-19-20(18)26-24(32-19)27-21(28)15-6-4-14(2)5-7-15/h4-11,18H,3,12-13H2,1-2H3,(H,25,29)(H,26,27,28). The number of hydrogen-bond donors (Lipinski definition) is 2. The van der Waals surface area contributed by atoms with Gasteiger partial charge in [-0.1, -0.05) is 17.7 Å². The Bertz CT molecular complexity index is 1150. The highest BCUT2D eigenvalue weighted by Crippen LogP contribution is 2.39. The summed E-state index contributed by atoms with van der Waals surface area (Å²) in [5.74, 6) is -1.15. The lowest BCUT2D eigenvalue weighted by Gasteiger charge is -2.11. The maximum absolute atomic E-state index is 12.9. The van der Waals surface area contributed by atoms with Gasteiger partial charge in [-0.25, -0.2) is 9.78 Å². The normalized spacial score (nSPS) is 14.5. The molecule has 32 heavy (non-hydrogen) atoms. The molecule has 7 nitrogen and oxygen atoms in total. The van der Waals surface area contributed by atoms with Gasteiger partial charge in [0, 0.05) is 16.1 Å². The van der Waals surface area contributed by atoms with E-state index >= 15 is 0 Å². The number of nitrogens with one attached hydrogen (secondary N) is 2. The summed E-state index contributed by atoms with van der Waals surface area (Å²) in [4.78, 5) is 42.6. The molecule has 1 atom stereocenters. The smallest absolute Gasteiger partial charge is 0.338 e. The molecule has 1 aliphatic rings. The number of aromatic nitrogens is 1. The molecule has 0 fully saturated rings. The van der Waals surface area contributed by atoms with E-state index in [4.69, 9.17) is 4.74 Å². The lowest BCUT2D eigenvalue weighted by atomic mass is 10.1. The lowest BCUT2D eigenvalue weighted by molar-refractivity contribution is -0.117. The summed E-state index contributed by atoms with van der Waals surface area (Å²) in [7, 11) is 0. The van der Waals surface area contributed by atoms with Gasteiger partial charge in [-0.15, -0.1) is 11.3 Å². The Labute approximate surface area is 189 Å². The van der Waals surface area contributed by atoms with Gasteiger partial charge in [0.2, 0.25) is 5.91 Å². The summed E-state index contributed by atoms with van der Waals surface area (Å²) in [6.45, 7) is 4.02. The SMILES string of the molecule is CCOC(=O)c1ccc(NC(=O)C2CCc3sc(NC(=O)c4ccc(C)cc4)nc32)cc1. The quantitative estimate of drug-likeness (QED) is 0.538. The van der Waals surface area contributed by atoms with Crippen LogP contribution in [0.2, 0.25) is 0 Å². The highest BCUT2D eigenvalue weighted by atomic mass is 32.1. The minimum atomic E-state index is -0.395. The molecule has 1 aromatic heterocycles. The fourth-order valence-electron chi connectivity index (χ4n) is 3.54. The molecule has 2 aromatic carbocycles. The van der Waals surface area contributed by atoms with E-state index in [9.17, 15) is 14.4 Å². The molecule has 3 aromatic rings. The van der Waals surface area contributed by atoms with Crippen molar-refractivity contribution < 1.29 is 19.1 Å². The highest BCUT2D eigenvalue weighted by molar-refractivity contribution is 7.16. The van der Waals surface area contributed by atoms with Crippen molar-refractivity contribution in [3.63, 3.8) is 0 Å². The fraction of sp³-hybridized carbons (Fsp3) is 0.250. The van der Waals surface area contributed by atoms with Crippen molar-refractivity contribution in [3.05, 3.63) is 75.8 Å². The molecule has 0 aliphatic heterocycles. The number of rotatable bonds is 6. The maximum Gasteiger partial charge on any atom is 0.338 e. The second-order valence-corrected chi connectivity index (χ2v) is 8.61. The Morgan fingerprint density at radius 1 is 1.03 bits per heavy atom. The number of aryl methyl sites for hydroxylation is 2. The molecule has 1 unspecified atom stereocenters. The number of carbonyl (C=O) groups is 3. The van der Waals surface area contributed by atoms with E-state index in [2.05, 4.69) is 15.6 Å². The van der Waals surface area contributed by atoms with Crippen LogP contribution in [0.3, 0.4) is 0 Å².